The van der Waals surface area contributed by atoms with E-state index in [9.17, 15) is 0 Å². The zero-order valence-corrected chi connectivity index (χ0v) is 10.9. The molecule has 0 saturated carbocycles. The summed E-state index contributed by atoms with van der Waals surface area (Å²) < 4.78 is 10.5. The second kappa shape index (κ2) is 7.21. The third kappa shape index (κ3) is 3.39. The molecule has 0 amide bonds. The van der Waals surface area contributed by atoms with E-state index in [0.29, 0.717) is 24.6 Å². The predicted octanol–water partition coefficient (Wildman–Crippen LogP) is 2.05. The number of fused-ring (bicyclic) bond motifs is 1. The summed E-state index contributed by atoms with van der Waals surface area (Å²) in [4.78, 5) is 0. The van der Waals surface area contributed by atoms with Crippen molar-refractivity contribution in [2.45, 2.75) is 0 Å². The highest BCUT2D eigenvalue weighted by Crippen LogP contribution is 2.27. The quantitative estimate of drug-likeness (QED) is 0.896. The Bertz CT molecular complexity index is 462. The fourth-order valence-corrected chi connectivity index (χ4v) is 1.33. The summed E-state index contributed by atoms with van der Waals surface area (Å²) in [7, 11) is 1.86. The highest BCUT2D eigenvalue weighted by molar-refractivity contribution is 5.86. The summed E-state index contributed by atoms with van der Waals surface area (Å²) in [6.45, 7) is 0.894. The van der Waals surface area contributed by atoms with Gasteiger partial charge in [0.1, 0.15) is 6.61 Å². The number of nitrogens with two attached hydrogens (primary N) is 1. The smallest absolute Gasteiger partial charge is 0.262 e. The van der Waals surface area contributed by atoms with Crippen molar-refractivity contribution in [2.24, 2.45) is 5.73 Å². The van der Waals surface area contributed by atoms with E-state index in [4.69, 9.17) is 15.0 Å². The maximum absolute atomic E-state index is 5.35. The minimum atomic E-state index is 0. The van der Waals surface area contributed by atoms with E-state index in [2.05, 4.69) is 10.5 Å². The maximum atomic E-state index is 5.35. The molecule has 0 atom stereocenters. The number of ether oxygens (including phenoxy) is 1. The second-order valence-electron chi connectivity index (χ2n) is 3.09. The molecule has 0 fully saturated rings. The van der Waals surface area contributed by atoms with E-state index < -0.39 is 0 Å². The summed E-state index contributed by atoms with van der Waals surface area (Å²) in [5.74, 6) is 0.493. The number of rotatable bonds is 4. The standard InChI is InChI=1S/C10H13N3O2.2ClH/c1-12-7-2-3-9-8(6-7)10(13-15-9)14-5-4-11;;/h2-3,6,12H,4-5,11H2,1H3;2*1H. The SMILES string of the molecule is CNc1ccc2onc(OCCN)c2c1.Cl.Cl. The van der Waals surface area contributed by atoms with Gasteiger partial charge in [-0.05, 0) is 23.4 Å². The van der Waals surface area contributed by atoms with Gasteiger partial charge in [-0.2, -0.15) is 0 Å². The molecule has 0 aliphatic carbocycles. The Labute approximate surface area is 111 Å². The molecule has 2 rings (SSSR count). The molecule has 17 heavy (non-hydrogen) atoms. The molecule has 3 N–H and O–H groups in total. The fourth-order valence-electron chi connectivity index (χ4n) is 1.33. The molecular formula is C10H15Cl2N3O2. The highest BCUT2D eigenvalue weighted by Gasteiger charge is 2.09. The topological polar surface area (TPSA) is 73.3 Å². The molecule has 0 spiro atoms. The molecular weight excluding hydrogens is 265 g/mol. The normalized spacial score (nSPS) is 9.29. The van der Waals surface area contributed by atoms with Gasteiger partial charge >= 0.3 is 0 Å². The van der Waals surface area contributed by atoms with Crippen molar-refractivity contribution in [2.75, 3.05) is 25.5 Å². The summed E-state index contributed by atoms with van der Waals surface area (Å²) in [6.07, 6.45) is 0. The van der Waals surface area contributed by atoms with Crippen LogP contribution in [-0.2, 0) is 0 Å². The van der Waals surface area contributed by atoms with Crippen LogP contribution in [0.1, 0.15) is 0 Å². The number of aromatic nitrogens is 1. The van der Waals surface area contributed by atoms with Gasteiger partial charge in [0.15, 0.2) is 5.58 Å². The van der Waals surface area contributed by atoms with Gasteiger partial charge in [0.25, 0.3) is 5.88 Å². The van der Waals surface area contributed by atoms with Gasteiger partial charge in [0.05, 0.1) is 5.39 Å². The molecule has 0 saturated heterocycles. The average molecular weight is 280 g/mol. The summed E-state index contributed by atoms with van der Waals surface area (Å²) >= 11 is 0. The lowest BCUT2D eigenvalue weighted by atomic mass is 10.2. The van der Waals surface area contributed by atoms with E-state index in [0.717, 1.165) is 11.1 Å². The van der Waals surface area contributed by atoms with Crippen molar-refractivity contribution < 1.29 is 9.26 Å². The van der Waals surface area contributed by atoms with Crippen LogP contribution in [0.2, 0.25) is 0 Å². The lowest BCUT2D eigenvalue weighted by Crippen LogP contribution is -2.10. The molecule has 1 aromatic heterocycles. The van der Waals surface area contributed by atoms with Crippen LogP contribution in [-0.4, -0.2) is 25.4 Å². The van der Waals surface area contributed by atoms with E-state index in [1.54, 1.807) is 0 Å². The van der Waals surface area contributed by atoms with Crippen molar-refractivity contribution in [3.05, 3.63) is 18.2 Å². The van der Waals surface area contributed by atoms with Gasteiger partial charge in [0, 0.05) is 19.3 Å². The third-order valence-electron chi connectivity index (χ3n) is 2.08. The first-order valence-electron chi connectivity index (χ1n) is 4.75. The summed E-state index contributed by atoms with van der Waals surface area (Å²) in [6, 6.07) is 5.70. The Morgan fingerprint density at radius 3 is 2.82 bits per heavy atom. The van der Waals surface area contributed by atoms with Crippen molar-refractivity contribution in [1.29, 1.82) is 0 Å². The van der Waals surface area contributed by atoms with E-state index in [1.165, 1.54) is 0 Å². The second-order valence-corrected chi connectivity index (χ2v) is 3.09. The van der Waals surface area contributed by atoms with Gasteiger partial charge < -0.3 is 20.3 Å². The Balaban J connectivity index is 0.00000128. The monoisotopic (exact) mass is 279 g/mol. The lowest BCUT2D eigenvalue weighted by Gasteiger charge is -2.00. The number of nitrogens with one attached hydrogen (secondary N) is 1. The number of hydrogen-bond acceptors (Lipinski definition) is 5. The summed E-state index contributed by atoms with van der Waals surface area (Å²) in [5, 5.41) is 7.73. The molecule has 1 heterocycles. The van der Waals surface area contributed by atoms with Crippen LogP contribution >= 0.6 is 24.8 Å². The molecule has 0 bridgehead atoms. The number of nitrogens with zero attached hydrogens (tertiary/aromatic N) is 1. The lowest BCUT2D eigenvalue weighted by molar-refractivity contribution is 0.293. The highest BCUT2D eigenvalue weighted by atomic mass is 35.5. The van der Waals surface area contributed by atoms with Crippen LogP contribution < -0.4 is 15.8 Å². The van der Waals surface area contributed by atoms with Gasteiger partial charge in [-0.3, -0.25) is 0 Å². The number of hydrogen-bond donors (Lipinski definition) is 2. The van der Waals surface area contributed by atoms with Gasteiger partial charge in [-0.25, -0.2) is 0 Å². The van der Waals surface area contributed by atoms with E-state index >= 15 is 0 Å². The first-order chi connectivity index (χ1) is 7.35. The minimum absolute atomic E-state index is 0. The minimum Gasteiger partial charge on any atom is -0.474 e. The van der Waals surface area contributed by atoms with Crippen LogP contribution in [0, 0.1) is 0 Å². The third-order valence-corrected chi connectivity index (χ3v) is 2.08. The zero-order chi connectivity index (χ0) is 10.7. The molecule has 7 heteroatoms. The molecule has 0 aliphatic heterocycles. The van der Waals surface area contributed by atoms with Crippen molar-refractivity contribution >= 4 is 41.5 Å². The number of anilines is 1. The van der Waals surface area contributed by atoms with Crippen LogP contribution in [0.4, 0.5) is 5.69 Å². The Kier molecular flexibility index (Phi) is 6.72. The van der Waals surface area contributed by atoms with Crippen molar-refractivity contribution in [3.8, 4) is 5.88 Å². The fraction of sp³-hybridized carbons (Fsp3) is 0.300. The average Bonchev–Trinajstić information content (AvgIpc) is 2.68. The van der Waals surface area contributed by atoms with Gasteiger partial charge in [0.2, 0.25) is 0 Å². The summed E-state index contributed by atoms with van der Waals surface area (Å²) in [5.41, 5.74) is 7.05. The molecule has 2 aromatic rings. The number of benzene rings is 1. The predicted molar refractivity (Wildman–Crippen MR) is 72.6 cm³/mol. The first kappa shape index (κ1) is 15.8. The van der Waals surface area contributed by atoms with E-state index in [-0.39, 0.29) is 24.8 Å². The molecule has 96 valence electrons. The van der Waals surface area contributed by atoms with E-state index in [1.807, 2.05) is 25.2 Å². The number of halogens is 2. The van der Waals surface area contributed by atoms with Crippen LogP contribution in [0.15, 0.2) is 22.7 Å². The van der Waals surface area contributed by atoms with Gasteiger partial charge in [-0.1, -0.05) is 0 Å². The zero-order valence-electron chi connectivity index (χ0n) is 9.30. The van der Waals surface area contributed by atoms with Crippen LogP contribution in [0.5, 0.6) is 5.88 Å². The molecule has 0 radical (unpaired) electrons. The van der Waals surface area contributed by atoms with Crippen LogP contribution in [0.3, 0.4) is 0 Å². The molecule has 1 aromatic carbocycles. The Hall–Kier alpha value is -1.17. The Morgan fingerprint density at radius 2 is 2.18 bits per heavy atom. The molecule has 5 nitrogen and oxygen atoms in total. The molecule has 0 aliphatic rings. The van der Waals surface area contributed by atoms with Crippen molar-refractivity contribution in [3.63, 3.8) is 0 Å². The largest absolute Gasteiger partial charge is 0.474 e. The van der Waals surface area contributed by atoms with Crippen molar-refractivity contribution in [1.82, 2.24) is 5.16 Å². The Morgan fingerprint density at radius 1 is 1.41 bits per heavy atom. The molecule has 0 unspecified atom stereocenters. The maximum Gasteiger partial charge on any atom is 0.262 e. The van der Waals surface area contributed by atoms with Crippen LogP contribution in [0.25, 0.3) is 11.0 Å². The first-order valence-corrected chi connectivity index (χ1v) is 4.75. The van der Waals surface area contributed by atoms with Gasteiger partial charge in [-0.15, -0.1) is 24.8 Å².